The van der Waals surface area contributed by atoms with Crippen molar-refractivity contribution in [3.8, 4) is 0 Å². The second kappa shape index (κ2) is 9.94. The Hall–Kier alpha value is -3.31. The third-order valence-corrected chi connectivity index (χ3v) is 5.59. The molecule has 0 bridgehead atoms. The summed E-state index contributed by atoms with van der Waals surface area (Å²) in [5.41, 5.74) is 1.72. The van der Waals surface area contributed by atoms with Gasteiger partial charge < -0.3 is 10.6 Å². The number of aryl methyl sites for hydroxylation is 1. The summed E-state index contributed by atoms with van der Waals surface area (Å²) in [6, 6.07) is 10.8. The Bertz CT molecular complexity index is 1050. The average molecular weight is 434 g/mol. The summed E-state index contributed by atoms with van der Waals surface area (Å²) in [4.78, 5) is 34.5. The van der Waals surface area contributed by atoms with Crippen LogP contribution in [0.4, 0.5) is 5.69 Å². The summed E-state index contributed by atoms with van der Waals surface area (Å²) in [5.74, 6) is -1.17. The molecule has 11 heteroatoms. The van der Waals surface area contributed by atoms with Crippen LogP contribution in [0, 0.1) is 17.0 Å². The van der Waals surface area contributed by atoms with Crippen LogP contribution in [-0.2, 0) is 27.1 Å². The first-order chi connectivity index (χ1) is 14.1. The molecule has 0 unspecified atom stereocenters. The van der Waals surface area contributed by atoms with Gasteiger partial charge in [0.25, 0.3) is 11.6 Å². The number of hydrogen-bond donors (Lipinski definition) is 3. The number of nitrogens with zero attached hydrogens (tertiary/aromatic N) is 1. The highest BCUT2D eigenvalue weighted by atomic mass is 32.2. The maximum absolute atomic E-state index is 12.1. The molecule has 2 amide bonds. The maximum Gasteiger partial charge on any atom is 0.273 e. The maximum atomic E-state index is 12.1. The molecule has 0 heterocycles. The lowest BCUT2D eigenvalue weighted by Crippen LogP contribution is -2.36. The summed E-state index contributed by atoms with van der Waals surface area (Å²) in [5, 5.41) is 16.0. The van der Waals surface area contributed by atoms with Gasteiger partial charge in [-0.2, -0.15) is 0 Å². The number of nitro benzene ring substituents is 1. The van der Waals surface area contributed by atoms with Crippen LogP contribution in [-0.4, -0.2) is 38.7 Å². The number of hydrogen-bond acceptors (Lipinski definition) is 6. The lowest BCUT2D eigenvalue weighted by molar-refractivity contribution is -0.385. The standard InChI is InChI=1S/C19H22N4O6S/c1-13-3-8-16(9-17(13)23(26)27)19(25)22-11-18(24)21-10-14-4-6-15(7-5-14)12-30(28,29)20-2/h3-9,20H,10-12H2,1-2H3,(H,21,24)(H,22,25). The quantitative estimate of drug-likeness (QED) is 0.396. The molecular formula is C19H22N4O6S. The Kier molecular flexibility index (Phi) is 7.61. The molecular weight excluding hydrogens is 412 g/mol. The zero-order chi connectivity index (χ0) is 22.3. The normalized spacial score (nSPS) is 11.0. The van der Waals surface area contributed by atoms with Crippen molar-refractivity contribution in [1.29, 1.82) is 0 Å². The molecule has 2 aromatic rings. The van der Waals surface area contributed by atoms with E-state index in [4.69, 9.17) is 0 Å². The Balaban J connectivity index is 1.84. The number of sulfonamides is 1. The fraction of sp³-hybridized carbons (Fsp3) is 0.263. The van der Waals surface area contributed by atoms with Crippen LogP contribution in [0.3, 0.4) is 0 Å². The monoisotopic (exact) mass is 434 g/mol. The van der Waals surface area contributed by atoms with Crippen LogP contribution >= 0.6 is 0 Å². The minimum absolute atomic E-state index is 0.0900. The van der Waals surface area contributed by atoms with Crippen molar-refractivity contribution >= 4 is 27.5 Å². The average Bonchev–Trinajstić information content (AvgIpc) is 2.71. The fourth-order valence-electron chi connectivity index (χ4n) is 2.52. The van der Waals surface area contributed by atoms with Crippen LogP contribution in [0.25, 0.3) is 0 Å². The van der Waals surface area contributed by atoms with Gasteiger partial charge in [0.2, 0.25) is 15.9 Å². The van der Waals surface area contributed by atoms with E-state index < -0.39 is 26.8 Å². The number of carbonyl (C=O) groups excluding carboxylic acids is 2. The lowest BCUT2D eigenvalue weighted by atomic mass is 10.1. The molecule has 0 aliphatic heterocycles. The van der Waals surface area contributed by atoms with E-state index in [0.717, 1.165) is 5.56 Å². The van der Waals surface area contributed by atoms with E-state index >= 15 is 0 Å². The van der Waals surface area contributed by atoms with Gasteiger partial charge in [0, 0.05) is 23.7 Å². The van der Waals surface area contributed by atoms with Crippen LogP contribution in [0.1, 0.15) is 27.0 Å². The largest absolute Gasteiger partial charge is 0.350 e. The van der Waals surface area contributed by atoms with Crippen molar-refractivity contribution in [2.75, 3.05) is 13.6 Å². The summed E-state index contributed by atoms with van der Waals surface area (Å²) < 4.78 is 25.3. The molecule has 2 rings (SSSR count). The lowest BCUT2D eigenvalue weighted by Gasteiger charge is -2.08. The molecule has 0 aromatic heterocycles. The van der Waals surface area contributed by atoms with Gasteiger partial charge in [0.05, 0.1) is 17.2 Å². The molecule has 0 spiro atoms. The second-order valence-corrected chi connectivity index (χ2v) is 8.42. The Morgan fingerprint density at radius 2 is 1.67 bits per heavy atom. The van der Waals surface area contributed by atoms with Crippen molar-refractivity contribution in [2.24, 2.45) is 0 Å². The van der Waals surface area contributed by atoms with E-state index in [9.17, 15) is 28.1 Å². The Morgan fingerprint density at radius 1 is 1.03 bits per heavy atom. The molecule has 0 radical (unpaired) electrons. The van der Waals surface area contributed by atoms with E-state index in [1.165, 1.54) is 25.2 Å². The summed E-state index contributed by atoms with van der Waals surface area (Å²) in [6.45, 7) is 1.47. The minimum Gasteiger partial charge on any atom is -0.350 e. The fourth-order valence-corrected chi connectivity index (χ4v) is 3.29. The van der Waals surface area contributed by atoms with Crippen molar-refractivity contribution in [2.45, 2.75) is 19.2 Å². The minimum atomic E-state index is -3.36. The van der Waals surface area contributed by atoms with Crippen molar-refractivity contribution in [1.82, 2.24) is 15.4 Å². The van der Waals surface area contributed by atoms with Gasteiger partial charge in [-0.15, -0.1) is 0 Å². The molecule has 0 aliphatic carbocycles. The third kappa shape index (κ3) is 6.64. The van der Waals surface area contributed by atoms with Gasteiger partial charge in [0.15, 0.2) is 0 Å². The van der Waals surface area contributed by atoms with Gasteiger partial charge in [-0.1, -0.05) is 30.3 Å². The summed E-state index contributed by atoms with van der Waals surface area (Å²) in [7, 11) is -2.01. The van der Waals surface area contributed by atoms with Gasteiger partial charge in [-0.05, 0) is 31.2 Å². The Labute approximate surface area is 173 Å². The number of nitrogens with one attached hydrogen (secondary N) is 3. The third-order valence-electron chi connectivity index (χ3n) is 4.26. The second-order valence-electron chi connectivity index (χ2n) is 6.50. The molecule has 0 fully saturated rings. The highest BCUT2D eigenvalue weighted by molar-refractivity contribution is 7.88. The SMILES string of the molecule is CNS(=O)(=O)Cc1ccc(CNC(=O)CNC(=O)c2ccc(C)c([N+](=O)[O-])c2)cc1. The van der Waals surface area contributed by atoms with Crippen LogP contribution in [0.2, 0.25) is 0 Å². The van der Waals surface area contributed by atoms with Gasteiger partial charge in [0.1, 0.15) is 0 Å². The number of amides is 2. The molecule has 10 nitrogen and oxygen atoms in total. The molecule has 0 saturated carbocycles. The zero-order valence-corrected chi connectivity index (χ0v) is 17.3. The first kappa shape index (κ1) is 23.0. The number of nitro groups is 1. The molecule has 3 N–H and O–H groups in total. The smallest absolute Gasteiger partial charge is 0.273 e. The molecule has 30 heavy (non-hydrogen) atoms. The van der Waals surface area contributed by atoms with Gasteiger partial charge in [-0.25, -0.2) is 13.1 Å². The number of rotatable bonds is 9. The summed E-state index contributed by atoms with van der Waals surface area (Å²) in [6.07, 6.45) is 0. The zero-order valence-electron chi connectivity index (χ0n) is 16.5. The number of benzene rings is 2. The molecule has 2 aromatic carbocycles. The molecule has 0 saturated heterocycles. The Morgan fingerprint density at radius 3 is 2.27 bits per heavy atom. The first-order valence-corrected chi connectivity index (χ1v) is 10.6. The number of carbonyl (C=O) groups is 2. The first-order valence-electron chi connectivity index (χ1n) is 8.90. The van der Waals surface area contributed by atoms with E-state index in [0.29, 0.717) is 11.1 Å². The van der Waals surface area contributed by atoms with Crippen LogP contribution in [0.15, 0.2) is 42.5 Å². The highest BCUT2D eigenvalue weighted by Gasteiger charge is 2.15. The van der Waals surface area contributed by atoms with Crippen LogP contribution < -0.4 is 15.4 Å². The van der Waals surface area contributed by atoms with E-state index in [-0.39, 0.29) is 30.1 Å². The van der Waals surface area contributed by atoms with Crippen molar-refractivity contribution in [3.63, 3.8) is 0 Å². The van der Waals surface area contributed by atoms with Gasteiger partial charge >= 0.3 is 0 Å². The highest BCUT2D eigenvalue weighted by Crippen LogP contribution is 2.19. The predicted octanol–water partition coefficient (Wildman–Crippen LogP) is 0.999. The van der Waals surface area contributed by atoms with E-state index in [2.05, 4.69) is 15.4 Å². The predicted molar refractivity (Wildman–Crippen MR) is 110 cm³/mol. The van der Waals surface area contributed by atoms with Crippen molar-refractivity contribution < 1.29 is 22.9 Å². The van der Waals surface area contributed by atoms with Crippen LogP contribution in [0.5, 0.6) is 0 Å². The van der Waals surface area contributed by atoms with E-state index in [1.807, 2.05) is 0 Å². The molecule has 160 valence electrons. The summed E-state index contributed by atoms with van der Waals surface area (Å²) >= 11 is 0. The van der Waals surface area contributed by atoms with E-state index in [1.54, 1.807) is 31.2 Å². The molecule has 0 aliphatic rings. The van der Waals surface area contributed by atoms with Gasteiger partial charge in [-0.3, -0.25) is 19.7 Å². The topological polar surface area (TPSA) is 148 Å². The molecule has 0 atom stereocenters. The van der Waals surface area contributed by atoms with Crippen molar-refractivity contribution in [3.05, 3.63) is 74.8 Å².